The number of nitrogens with zero attached hydrogens (tertiary/aromatic N) is 1. The molecule has 1 aromatic carbocycles. The van der Waals surface area contributed by atoms with Crippen molar-refractivity contribution >= 4 is 25.7 Å². The number of β-lactam (4-membered cyclic amide) rings is 1. The summed E-state index contributed by atoms with van der Waals surface area (Å²) in [6, 6.07) is 6.82. The molecular formula is C20H31NO4Si. The molecule has 2 atom stereocenters. The van der Waals surface area contributed by atoms with E-state index in [1.165, 1.54) is 0 Å². The molecule has 144 valence electrons. The lowest BCUT2D eigenvalue weighted by molar-refractivity contribution is -0.137. The van der Waals surface area contributed by atoms with Gasteiger partial charge in [0.2, 0.25) is 5.91 Å². The Balaban J connectivity index is 2.04. The smallest absolute Gasteiger partial charge is 0.233 e. The lowest BCUT2D eigenvalue weighted by atomic mass is 9.82. The zero-order valence-electron chi connectivity index (χ0n) is 17.0. The monoisotopic (exact) mass is 377 g/mol. The molecule has 0 N–H and O–H groups in total. The van der Waals surface area contributed by atoms with E-state index < -0.39 is 14.4 Å². The standard InChI is InChI=1S/C20H31NO4Si/c1-14(22)18-17(12-13-25-26(6,7)20(2,3)4)19(23)21(18)15-8-10-16(24-5)11-9-15/h8-11,17-18H,12-13H2,1-7H3/t17-,18+/m0/s1. The van der Waals surface area contributed by atoms with Gasteiger partial charge in [-0.2, -0.15) is 0 Å². The largest absolute Gasteiger partial charge is 0.497 e. The van der Waals surface area contributed by atoms with E-state index in [0.717, 1.165) is 11.4 Å². The van der Waals surface area contributed by atoms with Crippen LogP contribution in [0.1, 0.15) is 34.1 Å². The molecule has 1 saturated heterocycles. The molecule has 1 aromatic rings. The normalized spacial score (nSPS) is 20.7. The quantitative estimate of drug-likeness (QED) is 0.532. The number of amides is 1. The van der Waals surface area contributed by atoms with E-state index in [0.29, 0.717) is 13.0 Å². The van der Waals surface area contributed by atoms with E-state index >= 15 is 0 Å². The molecule has 0 aromatic heterocycles. The summed E-state index contributed by atoms with van der Waals surface area (Å²) in [5, 5.41) is 0.131. The van der Waals surface area contributed by atoms with Gasteiger partial charge >= 0.3 is 0 Å². The number of carbonyl (C=O) groups is 2. The summed E-state index contributed by atoms with van der Waals surface area (Å²) in [6.45, 7) is 13.0. The van der Waals surface area contributed by atoms with E-state index in [1.54, 1.807) is 31.1 Å². The molecule has 1 heterocycles. The zero-order valence-corrected chi connectivity index (χ0v) is 18.0. The molecule has 6 heteroatoms. The Kier molecular flexibility index (Phi) is 5.98. The predicted molar refractivity (Wildman–Crippen MR) is 106 cm³/mol. The van der Waals surface area contributed by atoms with Crippen molar-refractivity contribution in [2.75, 3.05) is 18.6 Å². The maximum Gasteiger partial charge on any atom is 0.233 e. The predicted octanol–water partition coefficient (Wildman–Crippen LogP) is 4.03. The SMILES string of the molecule is COc1ccc(N2C(=O)[C@@H](CCO[Si](C)(C)C(C)(C)C)[C@H]2C(C)=O)cc1. The van der Waals surface area contributed by atoms with Crippen molar-refractivity contribution < 1.29 is 18.8 Å². The summed E-state index contributed by atoms with van der Waals surface area (Å²) in [7, 11) is -0.249. The highest BCUT2D eigenvalue weighted by Gasteiger charge is 2.50. The van der Waals surface area contributed by atoms with Crippen LogP contribution in [0.15, 0.2) is 24.3 Å². The van der Waals surface area contributed by atoms with Gasteiger partial charge in [0, 0.05) is 12.3 Å². The average molecular weight is 378 g/mol. The Morgan fingerprint density at radius 1 is 1.19 bits per heavy atom. The van der Waals surface area contributed by atoms with E-state index in [-0.39, 0.29) is 22.6 Å². The highest BCUT2D eigenvalue weighted by atomic mass is 28.4. The first-order valence-electron chi connectivity index (χ1n) is 9.11. The lowest BCUT2D eigenvalue weighted by Gasteiger charge is -2.46. The van der Waals surface area contributed by atoms with Crippen LogP contribution in [0.5, 0.6) is 5.75 Å². The summed E-state index contributed by atoms with van der Waals surface area (Å²) in [5.74, 6) is 0.437. The summed E-state index contributed by atoms with van der Waals surface area (Å²) < 4.78 is 11.3. The Morgan fingerprint density at radius 3 is 2.23 bits per heavy atom. The van der Waals surface area contributed by atoms with Gasteiger partial charge in [-0.1, -0.05) is 20.8 Å². The molecule has 26 heavy (non-hydrogen) atoms. The van der Waals surface area contributed by atoms with Crippen LogP contribution in [0.3, 0.4) is 0 Å². The molecule has 0 aliphatic carbocycles. The first-order chi connectivity index (χ1) is 12.0. The number of anilines is 1. The number of carbonyl (C=O) groups excluding carboxylic acids is 2. The highest BCUT2D eigenvalue weighted by molar-refractivity contribution is 6.74. The lowest BCUT2D eigenvalue weighted by Crippen LogP contribution is -2.64. The first-order valence-corrected chi connectivity index (χ1v) is 12.0. The van der Waals surface area contributed by atoms with Crippen LogP contribution in [0.2, 0.25) is 18.1 Å². The second kappa shape index (κ2) is 7.52. The Labute approximate surface area is 157 Å². The molecule has 0 unspecified atom stereocenters. The zero-order chi connectivity index (χ0) is 19.7. The summed E-state index contributed by atoms with van der Waals surface area (Å²) in [4.78, 5) is 26.4. The summed E-state index contributed by atoms with van der Waals surface area (Å²) in [5.41, 5.74) is 0.734. The molecule has 0 saturated carbocycles. The fourth-order valence-electron chi connectivity index (χ4n) is 2.98. The highest BCUT2D eigenvalue weighted by Crippen LogP contribution is 2.39. The van der Waals surface area contributed by atoms with Crippen LogP contribution in [0, 0.1) is 5.92 Å². The van der Waals surface area contributed by atoms with Crippen LogP contribution in [0.25, 0.3) is 0 Å². The molecule has 1 aliphatic rings. The molecule has 1 aliphatic heterocycles. The molecule has 0 spiro atoms. The second-order valence-electron chi connectivity index (χ2n) is 8.47. The van der Waals surface area contributed by atoms with E-state index in [2.05, 4.69) is 33.9 Å². The van der Waals surface area contributed by atoms with E-state index in [4.69, 9.17) is 9.16 Å². The van der Waals surface area contributed by atoms with Gasteiger partial charge in [-0.25, -0.2) is 0 Å². The molecular weight excluding hydrogens is 346 g/mol. The Hall–Kier alpha value is -1.66. The van der Waals surface area contributed by atoms with Crippen molar-refractivity contribution in [3.63, 3.8) is 0 Å². The van der Waals surface area contributed by atoms with Crippen LogP contribution < -0.4 is 9.64 Å². The number of methoxy groups -OCH3 is 1. The van der Waals surface area contributed by atoms with Crippen LogP contribution >= 0.6 is 0 Å². The van der Waals surface area contributed by atoms with Gasteiger partial charge in [0.25, 0.3) is 0 Å². The van der Waals surface area contributed by atoms with E-state index in [1.807, 2.05) is 12.1 Å². The van der Waals surface area contributed by atoms with Crippen molar-refractivity contribution in [3.8, 4) is 5.75 Å². The maximum atomic E-state index is 12.7. The van der Waals surface area contributed by atoms with Crippen LogP contribution in [-0.4, -0.2) is 39.8 Å². The molecule has 5 nitrogen and oxygen atoms in total. The number of rotatable bonds is 7. The topological polar surface area (TPSA) is 55.8 Å². The van der Waals surface area contributed by atoms with E-state index in [9.17, 15) is 9.59 Å². The second-order valence-corrected chi connectivity index (χ2v) is 13.3. The van der Waals surface area contributed by atoms with Crippen molar-refractivity contribution in [1.82, 2.24) is 0 Å². The van der Waals surface area contributed by atoms with Crippen LogP contribution in [0.4, 0.5) is 5.69 Å². The van der Waals surface area contributed by atoms with Gasteiger partial charge in [-0.15, -0.1) is 0 Å². The number of Topliss-reactive ketones (excluding diaryl/α,β-unsaturated/α-hetero) is 1. The number of hydrogen-bond acceptors (Lipinski definition) is 4. The minimum atomic E-state index is -1.85. The van der Waals surface area contributed by atoms with Gasteiger partial charge in [0.05, 0.1) is 13.0 Å². The molecule has 1 fully saturated rings. The Bertz CT molecular complexity index is 663. The minimum Gasteiger partial charge on any atom is -0.497 e. The van der Waals surface area contributed by atoms with Crippen molar-refractivity contribution in [1.29, 1.82) is 0 Å². The third-order valence-corrected chi connectivity index (χ3v) is 10.2. The van der Waals surface area contributed by atoms with Gasteiger partial charge in [0.15, 0.2) is 14.1 Å². The van der Waals surface area contributed by atoms with Gasteiger partial charge < -0.3 is 14.1 Å². The first kappa shape index (κ1) is 20.6. The summed E-state index contributed by atoms with van der Waals surface area (Å²) in [6.07, 6.45) is 0.586. The van der Waals surface area contributed by atoms with Crippen molar-refractivity contribution in [3.05, 3.63) is 24.3 Å². The number of hydrogen-bond donors (Lipinski definition) is 0. The molecule has 2 rings (SSSR count). The summed E-state index contributed by atoms with van der Waals surface area (Å²) >= 11 is 0. The molecule has 0 bridgehead atoms. The maximum absolute atomic E-state index is 12.7. The Morgan fingerprint density at radius 2 is 1.77 bits per heavy atom. The van der Waals surface area contributed by atoms with Gasteiger partial charge in [-0.05, 0) is 55.7 Å². The van der Waals surface area contributed by atoms with Crippen LogP contribution in [-0.2, 0) is 14.0 Å². The van der Waals surface area contributed by atoms with Crippen molar-refractivity contribution in [2.24, 2.45) is 5.92 Å². The number of ether oxygens (including phenoxy) is 1. The number of ketones is 1. The number of benzene rings is 1. The fourth-order valence-corrected chi connectivity index (χ4v) is 4.04. The molecule has 0 radical (unpaired) electrons. The third kappa shape index (κ3) is 4.01. The van der Waals surface area contributed by atoms with Gasteiger partial charge in [-0.3, -0.25) is 9.59 Å². The molecule has 1 amide bonds. The average Bonchev–Trinajstić information content (AvgIpc) is 2.55. The van der Waals surface area contributed by atoms with Crippen molar-refractivity contribution in [2.45, 2.75) is 58.3 Å². The third-order valence-electron chi connectivity index (χ3n) is 5.68. The fraction of sp³-hybridized carbons (Fsp3) is 0.600. The van der Waals surface area contributed by atoms with Gasteiger partial charge in [0.1, 0.15) is 11.8 Å². The minimum absolute atomic E-state index is 0.00537.